The average molecular weight is 502 g/mol. The van der Waals surface area contributed by atoms with Crippen molar-refractivity contribution < 1.29 is 17.9 Å². The fourth-order valence-corrected chi connectivity index (χ4v) is 4.97. The first kappa shape index (κ1) is 25.5. The van der Waals surface area contributed by atoms with Crippen molar-refractivity contribution in [1.82, 2.24) is 9.97 Å². The van der Waals surface area contributed by atoms with E-state index in [1.165, 1.54) is 12.1 Å². The van der Waals surface area contributed by atoms with E-state index in [0.29, 0.717) is 18.0 Å². The normalized spacial score (nSPS) is 11.2. The number of H-pyrrole nitrogens is 1. The number of amides is 1. The molecule has 0 aliphatic rings. The summed E-state index contributed by atoms with van der Waals surface area (Å²) in [6, 6.07) is 13.5. The van der Waals surface area contributed by atoms with Gasteiger partial charge >= 0.3 is 0 Å². The number of unbranched alkanes of at least 4 members (excludes halogenated alkanes) is 1. The van der Waals surface area contributed by atoms with Crippen LogP contribution in [0.1, 0.15) is 32.3 Å². The van der Waals surface area contributed by atoms with E-state index in [9.17, 15) is 18.0 Å². The van der Waals surface area contributed by atoms with Crippen molar-refractivity contribution in [2.75, 3.05) is 17.7 Å². The molecule has 10 heteroatoms. The molecule has 0 unspecified atom stereocenters. The average Bonchev–Trinajstić information content (AvgIpc) is 2.83. The number of nitrogens with zero attached hydrogens (tertiary/aromatic N) is 1. The zero-order valence-electron chi connectivity index (χ0n) is 19.0. The number of benzene rings is 2. The summed E-state index contributed by atoms with van der Waals surface area (Å²) in [5.74, 6) is 0.400. The number of nitrogens with one attached hydrogen (secondary N) is 2. The second kappa shape index (κ2) is 11.8. The Kier molecular flexibility index (Phi) is 8.89. The maximum atomic E-state index is 12.9. The topological polar surface area (TPSA) is 118 Å². The van der Waals surface area contributed by atoms with Crippen LogP contribution < -0.4 is 15.6 Å². The van der Waals surface area contributed by atoms with Crippen LogP contribution in [-0.4, -0.2) is 36.7 Å². The lowest BCUT2D eigenvalue weighted by Gasteiger charge is -2.08. The molecule has 180 valence electrons. The summed E-state index contributed by atoms with van der Waals surface area (Å²) >= 11 is 1.000. The molecular weight excluding hydrogens is 474 g/mol. The summed E-state index contributed by atoms with van der Waals surface area (Å²) in [7, 11) is -4.01. The van der Waals surface area contributed by atoms with E-state index < -0.39 is 20.3 Å². The quantitative estimate of drug-likeness (QED) is 0.300. The van der Waals surface area contributed by atoms with E-state index in [2.05, 4.69) is 22.2 Å². The summed E-state index contributed by atoms with van der Waals surface area (Å²) < 4.78 is 31.1. The number of aryl methyl sites for hydroxylation is 1. The number of hydrogen-bond donors (Lipinski definition) is 2. The van der Waals surface area contributed by atoms with Gasteiger partial charge in [-0.1, -0.05) is 37.2 Å². The largest absolute Gasteiger partial charge is 0.494 e. The number of carbonyl (C=O) groups excluding carboxylic acids is 1. The van der Waals surface area contributed by atoms with Crippen molar-refractivity contribution in [2.24, 2.45) is 0 Å². The van der Waals surface area contributed by atoms with Crippen molar-refractivity contribution >= 4 is 33.2 Å². The highest BCUT2D eigenvalue weighted by Gasteiger charge is 2.22. The molecule has 2 aromatic carbocycles. The molecule has 0 aliphatic carbocycles. The number of carbonyl (C=O) groups is 1. The number of aromatic amines is 1. The Bertz CT molecular complexity index is 1270. The molecule has 0 saturated carbocycles. The highest BCUT2D eigenvalue weighted by atomic mass is 32.2. The minimum atomic E-state index is -4.01. The minimum Gasteiger partial charge on any atom is -0.494 e. The minimum absolute atomic E-state index is 0.0124. The van der Waals surface area contributed by atoms with Crippen LogP contribution in [0, 0.1) is 0 Å². The van der Waals surface area contributed by atoms with Crippen LogP contribution in [0.25, 0.3) is 0 Å². The molecule has 3 aromatic rings. The van der Waals surface area contributed by atoms with Crippen molar-refractivity contribution in [3.8, 4) is 5.75 Å². The molecule has 1 aromatic heterocycles. The van der Waals surface area contributed by atoms with Crippen molar-refractivity contribution in [3.05, 3.63) is 70.6 Å². The third-order valence-corrected chi connectivity index (χ3v) is 7.52. The van der Waals surface area contributed by atoms with Crippen LogP contribution >= 0.6 is 11.8 Å². The molecule has 0 radical (unpaired) electrons. The van der Waals surface area contributed by atoms with Gasteiger partial charge in [-0.15, -0.1) is 0 Å². The lowest BCUT2D eigenvalue weighted by molar-refractivity contribution is -0.113. The molecule has 0 saturated heterocycles. The number of sulfone groups is 1. The molecule has 1 heterocycles. The van der Waals surface area contributed by atoms with Gasteiger partial charge in [0.25, 0.3) is 5.56 Å². The van der Waals surface area contributed by atoms with Crippen LogP contribution in [0.5, 0.6) is 5.75 Å². The third-order valence-electron chi connectivity index (χ3n) is 4.87. The molecule has 1 amide bonds. The Morgan fingerprint density at radius 1 is 1.09 bits per heavy atom. The van der Waals surface area contributed by atoms with Gasteiger partial charge < -0.3 is 15.0 Å². The number of anilines is 1. The first-order valence-electron chi connectivity index (χ1n) is 10.9. The maximum Gasteiger partial charge on any atom is 0.270 e. The van der Waals surface area contributed by atoms with Crippen LogP contribution in [0.2, 0.25) is 0 Å². The highest BCUT2D eigenvalue weighted by molar-refractivity contribution is 7.99. The fourth-order valence-electron chi connectivity index (χ4n) is 3.11. The number of ether oxygens (including phenoxy) is 1. The molecule has 34 heavy (non-hydrogen) atoms. The Labute approximate surface area is 203 Å². The maximum absolute atomic E-state index is 12.9. The van der Waals surface area contributed by atoms with E-state index >= 15 is 0 Å². The Morgan fingerprint density at radius 3 is 2.41 bits per heavy atom. The van der Waals surface area contributed by atoms with Gasteiger partial charge in [0.1, 0.15) is 5.75 Å². The molecule has 3 rings (SSSR count). The van der Waals surface area contributed by atoms with Crippen molar-refractivity contribution in [3.63, 3.8) is 0 Å². The van der Waals surface area contributed by atoms with Crippen LogP contribution in [0.4, 0.5) is 5.69 Å². The Balaban J connectivity index is 1.62. The molecule has 0 bridgehead atoms. The summed E-state index contributed by atoms with van der Waals surface area (Å²) in [5, 5.41) is 2.89. The fraction of sp³-hybridized carbons (Fsp3) is 0.292. The van der Waals surface area contributed by atoms with Gasteiger partial charge in [0.2, 0.25) is 15.7 Å². The van der Waals surface area contributed by atoms with Gasteiger partial charge in [-0.25, -0.2) is 13.4 Å². The molecule has 0 atom stereocenters. The van der Waals surface area contributed by atoms with Crippen molar-refractivity contribution in [2.45, 2.75) is 48.1 Å². The van der Waals surface area contributed by atoms with Gasteiger partial charge in [0.05, 0.1) is 23.5 Å². The zero-order valence-corrected chi connectivity index (χ0v) is 20.7. The highest BCUT2D eigenvalue weighted by Crippen LogP contribution is 2.20. The first-order valence-corrected chi connectivity index (χ1v) is 13.4. The van der Waals surface area contributed by atoms with E-state index in [1.807, 2.05) is 6.92 Å². The third kappa shape index (κ3) is 6.71. The van der Waals surface area contributed by atoms with Gasteiger partial charge in [-0.05, 0) is 61.7 Å². The van der Waals surface area contributed by atoms with E-state index in [4.69, 9.17) is 4.74 Å². The SMILES string of the molecule is CCCCc1ccc(S(=O)(=O)c2cnc(SCC(=O)Nc3ccc(OCC)cc3)[nH]c2=O)cc1. The van der Waals surface area contributed by atoms with Crippen LogP contribution in [-0.2, 0) is 21.1 Å². The summed E-state index contributed by atoms with van der Waals surface area (Å²) in [6.07, 6.45) is 3.98. The second-order valence-electron chi connectivity index (χ2n) is 7.43. The van der Waals surface area contributed by atoms with Gasteiger partial charge in [0, 0.05) is 5.69 Å². The predicted molar refractivity (Wildman–Crippen MR) is 132 cm³/mol. The standard InChI is InChI=1S/C24H27N3O5S2/c1-3-5-6-17-7-13-20(14-8-17)34(30,31)21-15-25-24(27-23(21)29)33-16-22(28)26-18-9-11-19(12-10-18)32-4-2/h7-15H,3-6,16H2,1-2H3,(H,26,28)(H,25,27,29). The molecule has 0 fully saturated rings. The van der Waals surface area contributed by atoms with Crippen LogP contribution in [0.15, 0.2) is 74.5 Å². The smallest absolute Gasteiger partial charge is 0.270 e. The summed E-state index contributed by atoms with van der Waals surface area (Å²) in [4.78, 5) is 30.8. The van der Waals surface area contributed by atoms with E-state index in [0.717, 1.165) is 42.8 Å². The monoisotopic (exact) mass is 501 g/mol. The molecule has 0 spiro atoms. The number of thioether (sulfide) groups is 1. The zero-order chi connectivity index (χ0) is 24.6. The van der Waals surface area contributed by atoms with E-state index in [-0.39, 0.29) is 21.7 Å². The van der Waals surface area contributed by atoms with Gasteiger partial charge in [0.15, 0.2) is 10.1 Å². The number of aromatic nitrogens is 2. The first-order chi connectivity index (χ1) is 16.3. The lowest BCUT2D eigenvalue weighted by Crippen LogP contribution is -2.20. The molecular formula is C24H27N3O5S2. The summed E-state index contributed by atoms with van der Waals surface area (Å²) in [5.41, 5.74) is 0.875. The molecule has 8 nitrogen and oxygen atoms in total. The molecule has 2 N–H and O–H groups in total. The predicted octanol–water partition coefficient (Wildman–Crippen LogP) is 4.07. The number of rotatable bonds is 11. The molecule has 0 aliphatic heterocycles. The summed E-state index contributed by atoms with van der Waals surface area (Å²) in [6.45, 7) is 4.53. The van der Waals surface area contributed by atoms with Gasteiger partial charge in [-0.3, -0.25) is 9.59 Å². The lowest BCUT2D eigenvalue weighted by atomic mass is 10.1. The van der Waals surface area contributed by atoms with E-state index in [1.54, 1.807) is 36.4 Å². The van der Waals surface area contributed by atoms with Crippen molar-refractivity contribution in [1.29, 1.82) is 0 Å². The second-order valence-corrected chi connectivity index (χ2v) is 10.3. The Morgan fingerprint density at radius 2 is 1.79 bits per heavy atom. The van der Waals surface area contributed by atoms with Gasteiger partial charge in [-0.2, -0.15) is 0 Å². The van der Waals surface area contributed by atoms with Crippen LogP contribution in [0.3, 0.4) is 0 Å². The number of hydrogen-bond acceptors (Lipinski definition) is 7. The Hall–Kier alpha value is -3.11.